The Morgan fingerprint density at radius 2 is 1.89 bits per heavy atom. The number of carbonyl (C=O) groups is 2. The second kappa shape index (κ2) is 4.70. The third-order valence-electron chi connectivity index (χ3n) is 3.48. The van der Waals surface area contributed by atoms with Gasteiger partial charge in [0.15, 0.2) is 0 Å². The Bertz CT molecular complexity index is 594. The lowest BCUT2D eigenvalue weighted by molar-refractivity contribution is -0.130. The fourth-order valence-electron chi connectivity index (χ4n) is 2.36. The molecule has 0 saturated carbocycles. The molecule has 1 aliphatic heterocycles. The Morgan fingerprint density at radius 3 is 2.53 bits per heavy atom. The molecule has 3 heterocycles. The van der Waals surface area contributed by atoms with Crippen molar-refractivity contribution in [1.82, 2.24) is 14.8 Å². The highest BCUT2D eigenvalue weighted by Gasteiger charge is 2.24. The van der Waals surface area contributed by atoms with Crippen molar-refractivity contribution >= 4 is 33.4 Å². The van der Waals surface area contributed by atoms with E-state index in [0.29, 0.717) is 31.9 Å². The van der Waals surface area contributed by atoms with Gasteiger partial charge in [-0.25, -0.2) is 0 Å². The van der Waals surface area contributed by atoms with E-state index in [4.69, 9.17) is 0 Å². The van der Waals surface area contributed by atoms with Crippen molar-refractivity contribution in [3.63, 3.8) is 0 Å². The van der Waals surface area contributed by atoms with Crippen molar-refractivity contribution < 1.29 is 9.59 Å². The summed E-state index contributed by atoms with van der Waals surface area (Å²) >= 11 is 1.62. The Hall–Kier alpha value is -1.82. The van der Waals surface area contributed by atoms with E-state index >= 15 is 0 Å². The summed E-state index contributed by atoms with van der Waals surface area (Å²) in [7, 11) is 0. The fourth-order valence-corrected chi connectivity index (χ4v) is 3.14. The number of thiophene rings is 1. The van der Waals surface area contributed by atoms with Crippen molar-refractivity contribution in [3.8, 4) is 0 Å². The molecule has 0 radical (unpaired) electrons. The summed E-state index contributed by atoms with van der Waals surface area (Å²) in [4.78, 5) is 30.3. The first-order valence-corrected chi connectivity index (χ1v) is 7.14. The van der Waals surface area contributed by atoms with Gasteiger partial charge >= 0.3 is 0 Å². The van der Waals surface area contributed by atoms with Gasteiger partial charge in [-0.2, -0.15) is 0 Å². The molecule has 19 heavy (non-hydrogen) atoms. The Morgan fingerprint density at radius 1 is 1.21 bits per heavy atom. The Balaban J connectivity index is 1.71. The lowest BCUT2D eigenvalue weighted by Gasteiger charge is -2.33. The van der Waals surface area contributed by atoms with Gasteiger partial charge in [-0.05, 0) is 17.5 Å². The van der Waals surface area contributed by atoms with Gasteiger partial charge in [0.05, 0.1) is 10.2 Å². The van der Waals surface area contributed by atoms with Crippen LogP contribution in [-0.4, -0.2) is 52.8 Å². The zero-order valence-corrected chi connectivity index (χ0v) is 11.5. The molecule has 6 heteroatoms. The number of hydrogen-bond acceptors (Lipinski definition) is 3. The van der Waals surface area contributed by atoms with Crippen molar-refractivity contribution in [2.75, 3.05) is 26.2 Å². The van der Waals surface area contributed by atoms with Crippen LogP contribution in [0.25, 0.3) is 10.2 Å². The average molecular weight is 277 g/mol. The van der Waals surface area contributed by atoms with Crippen molar-refractivity contribution in [3.05, 3.63) is 23.2 Å². The summed E-state index contributed by atoms with van der Waals surface area (Å²) in [5.74, 6) is 0.0964. The van der Waals surface area contributed by atoms with Crippen LogP contribution in [-0.2, 0) is 4.79 Å². The number of piperazine rings is 1. The molecular weight excluding hydrogens is 262 g/mol. The first kappa shape index (κ1) is 12.2. The zero-order valence-electron chi connectivity index (χ0n) is 10.7. The molecule has 2 aromatic heterocycles. The Kier molecular flexibility index (Phi) is 3.02. The molecule has 2 amide bonds. The van der Waals surface area contributed by atoms with Crippen molar-refractivity contribution in [2.24, 2.45) is 0 Å². The molecule has 5 nitrogen and oxygen atoms in total. The van der Waals surface area contributed by atoms with E-state index < -0.39 is 0 Å². The molecule has 1 fully saturated rings. The number of aromatic amines is 1. The van der Waals surface area contributed by atoms with Gasteiger partial charge in [0.2, 0.25) is 5.91 Å². The summed E-state index contributed by atoms with van der Waals surface area (Å²) in [5, 5.41) is 2.00. The number of hydrogen-bond donors (Lipinski definition) is 1. The van der Waals surface area contributed by atoms with Gasteiger partial charge in [0.1, 0.15) is 5.69 Å². The third kappa shape index (κ3) is 2.23. The standard InChI is InChI=1S/C13H15N3O2S/c1-9(17)15-3-5-16(6-4-15)13(18)11-8-12-10(14-11)2-7-19-12/h2,7-8,14H,3-6H2,1H3. The quantitative estimate of drug-likeness (QED) is 0.859. The maximum atomic E-state index is 12.3. The van der Waals surface area contributed by atoms with E-state index in [0.717, 1.165) is 10.2 Å². The highest BCUT2D eigenvalue weighted by Crippen LogP contribution is 2.22. The smallest absolute Gasteiger partial charge is 0.270 e. The van der Waals surface area contributed by atoms with Crippen LogP contribution in [0.4, 0.5) is 0 Å². The molecule has 0 spiro atoms. The van der Waals surface area contributed by atoms with E-state index in [1.165, 1.54) is 0 Å². The van der Waals surface area contributed by atoms with Gasteiger partial charge < -0.3 is 14.8 Å². The van der Waals surface area contributed by atoms with Crippen LogP contribution in [0.1, 0.15) is 17.4 Å². The Labute approximate surface area is 114 Å². The second-order valence-corrected chi connectivity index (χ2v) is 5.63. The largest absolute Gasteiger partial charge is 0.350 e. The number of fused-ring (bicyclic) bond motifs is 1. The lowest BCUT2D eigenvalue weighted by atomic mass is 10.3. The van der Waals surface area contributed by atoms with Crippen LogP contribution in [0.15, 0.2) is 17.5 Å². The van der Waals surface area contributed by atoms with Gasteiger partial charge in [0.25, 0.3) is 5.91 Å². The van der Waals surface area contributed by atoms with E-state index in [1.54, 1.807) is 28.1 Å². The number of carbonyl (C=O) groups excluding carboxylic acids is 2. The minimum absolute atomic E-state index is 0.0200. The molecule has 0 unspecified atom stereocenters. The maximum absolute atomic E-state index is 12.3. The molecule has 1 N–H and O–H groups in total. The molecule has 3 rings (SSSR count). The molecule has 1 saturated heterocycles. The number of H-pyrrole nitrogens is 1. The average Bonchev–Trinajstić information content (AvgIpc) is 2.98. The summed E-state index contributed by atoms with van der Waals surface area (Å²) in [6, 6.07) is 3.88. The molecule has 0 bridgehead atoms. The number of nitrogens with one attached hydrogen (secondary N) is 1. The topological polar surface area (TPSA) is 56.4 Å². The van der Waals surface area contributed by atoms with E-state index in [9.17, 15) is 9.59 Å². The third-order valence-corrected chi connectivity index (χ3v) is 4.35. The monoisotopic (exact) mass is 277 g/mol. The van der Waals surface area contributed by atoms with Crippen LogP contribution in [0.5, 0.6) is 0 Å². The van der Waals surface area contributed by atoms with E-state index in [1.807, 2.05) is 17.5 Å². The summed E-state index contributed by atoms with van der Waals surface area (Å²) in [6.07, 6.45) is 0. The number of amides is 2. The van der Waals surface area contributed by atoms with Crippen molar-refractivity contribution in [2.45, 2.75) is 6.92 Å². The van der Waals surface area contributed by atoms with Crippen LogP contribution >= 0.6 is 11.3 Å². The first-order chi connectivity index (χ1) is 9.15. The van der Waals surface area contributed by atoms with Gasteiger partial charge in [-0.15, -0.1) is 11.3 Å². The number of aromatic nitrogens is 1. The van der Waals surface area contributed by atoms with Gasteiger partial charge in [-0.3, -0.25) is 9.59 Å². The van der Waals surface area contributed by atoms with Crippen molar-refractivity contribution in [1.29, 1.82) is 0 Å². The predicted octanol–water partition coefficient (Wildman–Crippen LogP) is 1.53. The predicted molar refractivity (Wildman–Crippen MR) is 74.3 cm³/mol. The molecule has 2 aromatic rings. The van der Waals surface area contributed by atoms with Gasteiger partial charge in [-0.1, -0.05) is 0 Å². The second-order valence-electron chi connectivity index (χ2n) is 4.68. The number of nitrogens with zero attached hydrogens (tertiary/aromatic N) is 2. The maximum Gasteiger partial charge on any atom is 0.270 e. The minimum atomic E-state index is 0.0200. The summed E-state index contributed by atoms with van der Waals surface area (Å²) in [5.41, 5.74) is 1.65. The lowest BCUT2D eigenvalue weighted by Crippen LogP contribution is -2.50. The molecule has 0 atom stereocenters. The summed E-state index contributed by atoms with van der Waals surface area (Å²) in [6.45, 7) is 4.01. The molecule has 100 valence electrons. The minimum Gasteiger partial charge on any atom is -0.350 e. The molecule has 0 aromatic carbocycles. The highest BCUT2D eigenvalue weighted by atomic mass is 32.1. The normalized spacial score (nSPS) is 16.1. The van der Waals surface area contributed by atoms with E-state index in [2.05, 4.69) is 4.98 Å². The SMILES string of the molecule is CC(=O)N1CCN(C(=O)c2cc3sccc3[nH]2)CC1. The summed E-state index contributed by atoms with van der Waals surface area (Å²) < 4.78 is 1.10. The van der Waals surface area contributed by atoms with Crippen LogP contribution in [0.3, 0.4) is 0 Å². The molecule has 1 aliphatic rings. The number of rotatable bonds is 1. The van der Waals surface area contributed by atoms with Crippen LogP contribution in [0, 0.1) is 0 Å². The van der Waals surface area contributed by atoms with Crippen LogP contribution in [0.2, 0.25) is 0 Å². The zero-order chi connectivity index (χ0) is 13.4. The molecule has 0 aliphatic carbocycles. The molecular formula is C13H15N3O2S. The first-order valence-electron chi connectivity index (χ1n) is 6.26. The van der Waals surface area contributed by atoms with E-state index in [-0.39, 0.29) is 11.8 Å². The van der Waals surface area contributed by atoms with Crippen LogP contribution < -0.4 is 0 Å². The fraction of sp³-hybridized carbons (Fsp3) is 0.385. The van der Waals surface area contributed by atoms with Gasteiger partial charge in [0, 0.05) is 33.1 Å². The highest BCUT2D eigenvalue weighted by molar-refractivity contribution is 7.17.